The van der Waals surface area contributed by atoms with E-state index in [2.05, 4.69) is 15.6 Å². The van der Waals surface area contributed by atoms with Crippen molar-refractivity contribution in [1.29, 1.82) is 0 Å². The van der Waals surface area contributed by atoms with Gasteiger partial charge in [0.25, 0.3) is 5.91 Å². The zero-order valence-electron chi connectivity index (χ0n) is 20.1. The van der Waals surface area contributed by atoms with Crippen molar-refractivity contribution in [3.8, 4) is 5.75 Å². The molecule has 4 amide bonds. The van der Waals surface area contributed by atoms with Gasteiger partial charge < -0.3 is 31.0 Å². The molecule has 2 aromatic rings. The Bertz CT molecular complexity index is 1210. The quantitative estimate of drug-likeness (QED) is 0.434. The normalized spacial score (nSPS) is 23.0. The Labute approximate surface area is 210 Å². The molecule has 0 radical (unpaired) electrons. The number of piperidine rings is 1. The number of primary amides is 1. The number of nitrogens with one attached hydrogen (secondary N) is 3. The second-order valence-corrected chi connectivity index (χ2v) is 9.38. The number of rotatable bonds is 7. The number of amides is 4. The summed E-state index contributed by atoms with van der Waals surface area (Å²) in [7, 11) is 1.45. The van der Waals surface area contributed by atoms with Crippen molar-refractivity contribution in [2.45, 2.75) is 43.9 Å². The van der Waals surface area contributed by atoms with Gasteiger partial charge in [-0.25, -0.2) is 0 Å². The summed E-state index contributed by atoms with van der Waals surface area (Å²) in [6.45, 7) is -0.222. The Morgan fingerprint density at radius 3 is 2.70 bits per heavy atom. The van der Waals surface area contributed by atoms with Gasteiger partial charge in [-0.3, -0.25) is 19.2 Å². The smallest absolute Gasteiger partial charge is 0.393 e. The molecule has 2 aliphatic heterocycles. The van der Waals surface area contributed by atoms with Crippen molar-refractivity contribution in [2.24, 2.45) is 17.6 Å². The summed E-state index contributed by atoms with van der Waals surface area (Å²) >= 11 is 0. The molecule has 0 bridgehead atoms. The maximum Gasteiger partial charge on any atom is 0.393 e. The largest absolute Gasteiger partial charge is 0.496 e. The van der Waals surface area contributed by atoms with Gasteiger partial charge in [-0.2, -0.15) is 13.2 Å². The van der Waals surface area contributed by atoms with E-state index in [0.29, 0.717) is 36.0 Å². The van der Waals surface area contributed by atoms with Crippen molar-refractivity contribution >= 4 is 34.5 Å². The molecule has 2 saturated heterocycles. The second kappa shape index (κ2) is 10.3. The Kier molecular flexibility index (Phi) is 7.32. The Morgan fingerprint density at radius 2 is 2.05 bits per heavy atom. The van der Waals surface area contributed by atoms with E-state index in [1.165, 1.54) is 13.2 Å². The van der Waals surface area contributed by atoms with Gasteiger partial charge in [0, 0.05) is 29.9 Å². The number of hydrogen-bond acceptors (Lipinski definition) is 5. The molecule has 0 spiro atoms. The first-order valence-corrected chi connectivity index (χ1v) is 11.9. The number of likely N-dealkylation sites (tertiary alicyclic amines) is 1. The molecule has 0 saturated carbocycles. The molecule has 10 nitrogen and oxygen atoms in total. The molecule has 5 N–H and O–H groups in total. The summed E-state index contributed by atoms with van der Waals surface area (Å²) in [5.74, 6) is -4.97. The summed E-state index contributed by atoms with van der Waals surface area (Å²) in [5.41, 5.74) is 5.96. The molecular weight excluding hydrogens is 495 g/mol. The fourth-order valence-electron chi connectivity index (χ4n) is 4.98. The number of benzene rings is 1. The van der Waals surface area contributed by atoms with Gasteiger partial charge in [-0.1, -0.05) is 6.07 Å². The zero-order chi connectivity index (χ0) is 26.9. The maximum absolute atomic E-state index is 13.6. The number of alkyl halides is 3. The van der Waals surface area contributed by atoms with Crippen LogP contribution < -0.4 is 21.1 Å². The molecule has 200 valence electrons. The van der Waals surface area contributed by atoms with Crippen LogP contribution in [0.1, 0.15) is 36.2 Å². The van der Waals surface area contributed by atoms with Crippen molar-refractivity contribution in [1.82, 2.24) is 20.5 Å². The van der Waals surface area contributed by atoms with E-state index in [-0.39, 0.29) is 18.0 Å². The van der Waals surface area contributed by atoms with E-state index >= 15 is 0 Å². The lowest BCUT2D eigenvalue weighted by atomic mass is 9.91. The highest BCUT2D eigenvalue weighted by molar-refractivity contribution is 6.02. The average Bonchev–Trinajstić information content (AvgIpc) is 3.49. The minimum Gasteiger partial charge on any atom is -0.496 e. The van der Waals surface area contributed by atoms with Crippen LogP contribution in [-0.2, 0) is 14.4 Å². The van der Waals surface area contributed by atoms with Crippen LogP contribution in [0.25, 0.3) is 10.9 Å². The number of aromatic amines is 1. The van der Waals surface area contributed by atoms with Gasteiger partial charge >= 0.3 is 6.18 Å². The van der Waals surface area contributed by atoms with Crippen molar-refractivity contribution in [3.63, 3.8) is 0 Å². The number of nitrogens with zero attached hydrogens (tertiary/aromatic N) is 1. The third-order valence-corrected chi connectivity index (χ3v) is 6.98. The van der Waals surface area contributed by atoms with Crippen molar-refractivity contribution in [2.75, 3.05) is 20.2 Å². The molecule has 37 heavy (non-hydrogen) atoms. The average molecular weight is 524 g/mol. The van der Waals surface area contributed by atoms with Crippen LogP contribution in [-0.4, -0.2) is 72.0 Å². The fourth-order valence-corrected chi connectivity index (χ4v) is 4.98. The van der Waals surface area contributed by atoms with Crippen LogP contribution in [0.2, 0.25) is 0 Å². The number of fused-ring (bicyclic) bond motifs is 1. The summed E-state index contributed by atoms with van der Waals surface area (Å²) in [6.07, 6.45) is -4.22. The first kappa shape index (κ1) is 26.3. The number of ether oxygens (including phenoxy) is 1. The van der Waals surface area contributed by atoms with E-state index < -0.39 is 60.8 Å². The van der Waals surface area contributed by atoms with Crippen LogP contribution in [0.4, 0.5) is 13.2 Å². The molecule has 0 aliphatic carbocycles. The summed E-state index contributed by atoms with van der Waals surface area (Å²) < 4.78 is 46.2. The third-order valence-electron chi connectivity index (χ3n) is 6.98. The Hall–Kier alpha value is -3.77. The van der Waals surface area contributed by atoms with Crippen LogP contribution in [0.5, 0.6) is 5.75 Å². The number of carbonyl (C=O) groups is 4. The molecule has 2 aliphatic rings. The van der Waals surface area contributed by atoms with E-state index in [1.54, 1.807) is 18.2 Å². The van der Waals surface area contributed by atoms with E-state index in [0.717, 1.165) is 4.90 Å². The van der Waals surface area contributed by atoms with Gasteiger partial charge in [0.2, 0.25) is 17.7 Å². The molecule has 1 unspecified atom stereocenters. The van der Waals surface area contributed by atoms with Gasteiger partial charge in [0.05, 0.1) is 13.0 Å². The molecule has 4 atom stereocenters. The molecule has 1 aromatic carbocycles. The molecule has 3 heterocycles. The SMILES string of the molecule is COc1cccc2[nH]c(C(=O)N3CC(C(F)(F)F)C[C@H]3C(=O)N[C@@H](C[C@@H]3CCCNC3=O)C(N)=O)cc12. The number of H-pyrrole nitrogens is 1. The maximum atomic E-state index is 13.6. The Balaban J connectivity index is 1.57. The topological polar surface area (TPSA) is 147 Å². The van der Waals surface area contributed by atoms with Gasteiger partial charge in [0.1, 0.15) is 23.5 Å². The first-order chi connectivity index (χ1) is 17.5. The number of hydrogen-bond donors (Lipinski definition) is 4. The summed E-state index contributed by atoms with van der Waals surface area (Å²) in [6, 6.07) is 3.73. The van der Waals surface area contributed by atoms with Crippen LogP contribution in [0.3, 0.4) is 0 Å². The lowest BCUT2D eigenvalue weighted by Crippen LogP contribution is -2.53. The Morgan fingerprint density at radius 1 is 1.30 bits per heavy atom. The predicted octanol–water partition coefficient (Wildman–Crippen LogP) is 1.46. The minimum absolute atomic E-state index is 0.00884. The highest BCUT2D eigenvalue weighted by Gasteiger charge is 2.51. The highest BCUT2D eigenvalue weighted by atomic mass is 19.4. The molecule has 13 heteroatoms. The molecule has 1 aromatic heterocycles. The van der Waals surface area contributed by atoms with E-state index in [9.17, 15) is 32.3 Å². The second-order valence-electron chi connectivity index (χ2n) is 9.38. The molecule has 2 fully saturated rings. The minimum atomic E-state index is -4.64. The van der Waals surface area contributed by atoms with Crippen LogP contribution >= 0.6 is 0 Å². The standard InChI is InChI=1S/C24H28F3N5O5/c1-37-19-6-2-5-15-14(19)10-17(30-15)23(36)32-11-13(24(25,26)27)9-18(32)22(35)31-16(20(28)33)8-12-4-3-7-29-21(12)34/h2,5-6,10,12-13,16,18,30H,3-4,7-9,11H2,1H3,(H2,28,33)(H,29,34)(H,31,35)/t12-,13?,16-,18-/m0/s1. The van der Waals surface area contributed by atoms with Crippen LogP contribution in [0, 0.1) is 11.8 Å². The number of aromatic nitrogens is 1. The lowest BCUT2D eigenvalue weighted by Gasteiger charge is -2.28. The third kappa shape index (κ3) is 5.49. The van der Waals surface area contributed by atoms with Gasteiger partial charge in [0.15, 0.2) is 0 Å². The summed E-state index contributed by atoms with van der Waals surface area (Å²) in [5, 5.41) is 5.62. The zero-order valence-corrected chi connectivity index (χ0v) is 20.1. The fraction of sp³-hybridized carbons (Fsp3) is 0.500. The number of methoxy groups -OCH3 is 1. The number of halogens is 3. The van der Waals surface area contributed by atoms with E-state index in [1.807, 2.05) is 0 Å². The van der Waals surface area contributed by atoms with Crippen LogP contribution in [0.15, 0.2) is 24.3 Å². The van der Waals surface area contributed by atoms with Crippen molar-refractivity contribution < 1.29 is 37.1 Å². The monoisotopic (exact) mass is 523 g/mol. The number of carbonyl (C=O) groups excluding carboxylic acids is 4. The first-order valence-electron chi connectivity index (χ1n) is 11.9. The molecule has 4 rings (SSSR count). The van der Waals surface area contributed by atoms with Gasteiger partial charge in [-0.15, -0.1) is 0 Å². The lowest BCUT2D eigenvalue weighted by molar-refractivity contribution is -0.170. The highest BCUT2D eigenvalue weighted by Crippen LogP contribution is 2.38. The van der Waals surface area contributed by atoms with E-state index in [4.69, 9.17) is 10.5 Å². The van der Waals surface area contributed by atoms with Gasteiger partial charge in [-0.05, 0) is 43.9 Å². The summed E-state index contributed by atoms with van der Waals surface area (Å²) in [4.78, 5) is 54.4. The number of nitrogens with two attached hydrogens (primary N) is 1. The predicted molar refractivity (Wildman–Crippen MR) is 125 cm³/mol. The molecular formula is C24H28F3N5O5. The van der Waals surface area contributed by atoms with Crippen molar-refractivity contribution in [3.05, 3.63) is 30.0 Å².